The maximum Gasteiger partial charge on any atom is 0.314 e. The van der Waals surface area contributed by atoms with E-state index in [0.717, 1.165) is 6.42 Å². The molecule has 1 fully saturated rings. The summed E-state index contributed by atoms with van der Waals surface area (Å²) in [5.74, 6) is -1.62. The molecular weight excluding hydrogens is 247 g/mol. The minimum absolute atomic E-state index is 0.0559. The van der Waals surface area contributed by atoms with Gasteiger partial charge in [0, 0.05) is 10.6 Å². The van der Waals surface area contributed by atoms with Crippen molar-refractivity contribution in [3.05, 3.63) is 28.5 Å². The number of hydrogen-bond donors (Lipinski definition) is 1. The van der Waals surface area contributed by atoms with Gasteiger partial charge in [-0.15, -0.1) is 0 Å². The second-order valence-corrected chi connectivity index (χ2v) is 4.59. The van der Waals surface area contributed by atoms with Crippen LogP contribution in [0.5, 0.6) is 5.75 Å². The third-order valence-electron chi connectivity index (χ3n) is 3.36. The number of ether oxygens (including phenoxy) is 1. The first kappa shape index (κ1) is 12.2. The Hall–Kier alpha value is -1.29. The summed E-state index contributed by atoms with van der Waals surface area (Å²) in [4.78, 5) is 11.4. The molecular formula is C12H12ClFO3. The quantitative estimate of drug-likeness (QED) is 0.907. The van der Waals surface area contributed by atoms with Gasteiger partial charge in [-0.05, 0) is 25.0 Å². The molecule has 17 heavy (non-hydrogen) atoms. The highest BCUT2D eigenvalue weighted by Crippen LogP contribution is 2.50. The predicted molar refractivity (Wildman–Crippen MR) is 61.1 cm³/mol. The Morgan fingerprint density at radius 2 is 2.18 bits per heavy atom. The molecule has 1 aliphatic carbocycles. The molecule has 92 valence electrons. The van der Waals surface area contributed by atoms with Crippen LogP contribution in [0.2, 0.25) is 5.02 Å². The average Bonchev–Trinajstić information content (AvgIpc) is 2.21. The third kappa shape index (κ3) is 1.67. The molecule has 1 aromatic rings. The van der Waals surface area contributed by atoms with Gasteiger partial charge in [0.15, 0.2) is 11.6 Å². The van der Waals surface area contributed by atoms with E-state index in [4.69, 9.17) is 16.3 Å². The maximum absolute atomic E-state index is 13.6. The van der Waals surface area contributed by atoms with E-state index in [2.05, 4.69) is 0 Å². The molecule has 0 aromatic heterocycles. The lowest BCUT2D eigenvalue weighted by Gasteiger charge is -2.39. The molecule has 0 saturated heterocycles. The van der Waals surface area contributed by atoms with E-state index in [1.165, 1.54) is 19.2 Å². The van der Waals surface area contributed by atoms with Crippen LogP contribution < -0.4 is 4.74 Å². The monoisotopic (exact) mass is 258 g/mol. The molecule has 0 atom stereocenters. The summed E-state index contributed by atoms with van der Waals surface area (Å²) in [5.41, 5.74) is -0.828. The largest absolute Gasteiger partial charge is 0.493 e. The first-order valence-corrected chi connectivity index (χ1v) is 5.66. The number of carbonyl (C=O) groups is 1. The van der Waals surface area contributed by atoms with Crippen LogP contribution in [0.1, 0.15) is 24.8 Å². The van der Waals surface area contributed by atoms with Gasteiger partial charge in [-0.3, -0.25) is 4.79 Å². The number of benzene rings is 1. The van der Waals surface area contributed by atoms with Crippen molar-refractivity contribution in [1.29, 1.82) is 0 Å². The standard InChI is InChI=1S/C12H12ClFO3/c1-17-10-8(14)4-3-7(13)9(10)12(11(15)16)5-2-6-12/h3-4H,2,5-6H2,1H3,(H,15,16). The van der Waals surface area contributed by atoms with Gasteiger partial charge in [-0.1, -0.05) is 18.0 Å². The van der Waals surface area contributed by atoms with Gasteiger partial charge in [0.1, 0.15) is 0 Å². The summed E-state index contributed by atoms with van der Waals surface area (Å²) in [5, 5.41) is 9.58. The second kappa shape index (κ2) is 4.18. The van der Waals surface area contributed by atoms with Gasteiger partial charge in [0.2, 0.25) is 0 Å². The normalized spacial score (nSPS) is 17.4. The first-order valence-electron chi connectivity index (χ1n) is 5.29. The van der Waals surface area contributed by atoms with Gasteiger partial charge in [0.25, 0.3) is 0 Å². The summed E-state index contributed by atoms with van der Waals surface area (Å²) >= 11 is 6.01. The Morgan fingerprint density at radius 1 is 1.53 bits per heavy atom. The van der Waals surface area contributed by atoms with Gasteiger partial charge >= 0.3 is 5.97 Å². The molecule has 0 unspecified atom stereocenters. The van der Waals surface area contributed by atoms with Gasteiger partial charge < -0.3 is 9.84 Å². The van der Waals surface area contributed by atoms with Crippen molar-refractivity contribution in [2.75, 3.05) is 7.11 Å². The molecule has 1 aromatic carbocycles. The fourth-order valence-electron chi connectivity index (χ4n) is 2.28. The molecule has 0 radical (unpaired) electrons. The van der Waals surface area contributed by atoms with E-state index in [1.54, 1.807) is 0 Å². The average molecular weight is 259 g/mol. The fourth-order valence-corrected chi connectivity index (χ4v) is 2.61. The minimum Gasteiger partial charge on any atom is -0.493 e. The Bertz CT molecular complexity index is 469. The highest BCUT2D eigenvalue weighted by atomic mass is 35.5. The molecule has 0 amide bonds. The smallest absolute Gasteiger partial charge is 0.314 e. The number of carboxylic acid groups (broad SMARTS) is 1. The van der Waals surface area contributed by atoms with Crippen LogP contribution in [0.15, 0.2) is 12.1 Å². The number of hydrogen-bond acceptors (Lipinski definition) is 2. The van der Waals surface area contributed by atoms with Crippen molar-refractivity contribution in [2.24, 2.45) is 0 Å². The van der Waals surface area contributed by atoms with Crippen molar-refractivity contribution in [2.45, 2.75) is 24.7 Å². The fraction of sp³-hybridized carbons (Fsp3) is 0.417. The SMILES string of the molecule is COc1c(F)ccc(Cl)c1C1(C(=O)O)CCC1. The predicted octanol–water partition coefficient (Wildman–Crippen LogP) is 2.99. The Balaban J connectivity index is 2.65. The van der Waals surface area contributed by atoms with E-state index in [-0.39, 0.29) is 16.3 Å². The van der Waals surface area contributed by atoms with Crippen LogP contribution in [-0.2, 0) is 10.2 Å². The number of aliphatic carboxylic acids is 1. The van der Waals surface area contributed by atoms with Crippen LogP contribution in [-0.4, -0.2) is 18.2 Å². The third-order valence-corrected chi connectivity index (χ3v) is 3.67. The van der Waals surface area contributed by atoms with Gasteiger partial charge in [-0.2, -0.15) is 0 Å². The van der Waals surface area contributed by atoms with Crippen molar-refractivity contribution >= 4 is 17.6 Å². The Morgan fingerprint density at radius 3 is 2.59 bits per heavy atom. The summed E-state index contributed by atoms with van der Waals surface area (Å²) in [6.45, 7) is 0. The van der Waals surface area contributed by atoms with E-state index in [9.17, 15) is 14.3 Å². The van der Waals surface area contributed by atoms with E-state index in [1.807, 2.05) is 0 Å². The molecule has 2 rings (SSSR count). The second-order valence-electron chi connectivity index (χ2n) is 4.18. The molecule has 0 aliphatic heterocycles. The minimum atomic E-state index is -1.09. The van der Waals surface area contributed by atoms with E-state index in [0.29, 0.717) is 12.8 Å². The molecule has 1 aliphatic rings. The molecule has 0 heterocycles. The molecule has 5 heteroatoms. The number of halogens is 2. The van der Waals surface area contributed by atoms with Crippen molar-refractivity contribution in [3.8, 4) is 5.75 Å². The van der Waals surface area contributed by atoms with Crippen molar-refractivity contribution in [3.63, 3.8) is 0 Å². The molecule has 0 spiro atoms. The summed E-state index contributed by atoms with van der Waals surface area (Å²) in [7, 11) is 1.31. The van der Waals surface area contributed by atoms with Crippen LogP contribution in [0.25, 0.3) is 0 Å². The van der Waals surface area contributed by atoms with Crippen LogP contribution >= 0.6 is 11.6 Å². The van der Waals surface area contributed by atoms with Crippen molar-refractivity contribution in [1.82, 2.24) is 0 Å². The lowest BCUT2D eigenvalue weighted by atomic mass is 9.64. The Kier molecular flexibility index (Phi) is 3.00. The molecule has 0 bridgehead atoms. The molecule has 1 saturated carbocycles. The first-order chi connectivity index (χ1) is 8.03. The zero-order chi connectivity index (χ0) is 12.6. The lowest BCUT2D eigenvalue weighted by Crippen LogP contribution is -2.43. The molecule has 1 N–H and O–H groups in total. The van der Waals surface area contributed by atoms with Gasteiger partial charge in [-0.25, -0.2) is 4.39 Å². The number of carboxylic acids is 1. The zero-order valence-electron chi connectivity index (χ0n) is 9.30. The Labute approximate surface area is 103 Å². The van der Waals surface area contributed by atoms with E-state index < -0.39 is 17.2 Å². The number of rotatable bonds is 3. The van der Waals surface area contributed by atoms with Gasteiger partial charge in [0.05, 0.1) is 12.5 Å². The van der Waals surface area contributed by atoms with Crippen LogP contribution in [0.4, 0.5) is 4.39 Å². The summed E-state index contributed by atoms with van der Waals surface area (Å²) < 4.78 is 18.6. The maximum atomic E-state index is 13.6. The van der Waals surface area contributed by atoms with Crippen LogP contribution in [0, 0.1) is 5.82 Å². The van der Waals surface area contributed by atoms with Crippen LogP contribution in [0.3, 0.4) is 0 Å². The number of methoxy groups -OCH3 is 1. The summed E-state index contributed by atoms with van der Waals surface area (Å²) in [6, 6.07) is 2.55. The summed E-state index contributed by atoms with van der Waals surface area (Å²) in [6.07, 6.45) is 1.71. The lowest BCUT2D eigenvalue weighted by molar-refractivity contribution is -0.147. The topological polar surface area (TPSA) is 46.5 Å². The zero-order valence-corrected chi connectivity index (χ0v) is 10.1. The molecule has 3 nitrogen and oxygen atoms in total. The van der Waals surface area contributed by atoms with Crippen molar-refractivity contribution < 1.29 is 19.0 Å². The highest BCUT2D eigenvalue weighted by molar-refractivity contribution is 6.32. The van der Waals surface area contributed by atoms with E-state index >= 15 is 0 Å². The highest BCUT2D eigenvalue weighted by Gasteiger charge is 2.49.